The van der Waals surface area contributed by atoms with Crippen LogP contribution in [0.15, 0.2) is 53.5 Å². The summed E-state index contributed by atoms with van der Waals surface area (Å²) in [6.45, 7) is 4.39. The topological polar surface area (TPSA) is 42.0 Å². The zero-order chi connectivity index (χ0) is 17.9. The van der Waals surface area contributed by atoms with Crippen LogP contribution in [-0.2, 0) is 4.79 Å². The molecular weight excluding hydrogens is 340 g/mol. The Morgan fingerprint density at radius 1 is 1.15 bits per heavy atom. The fraction of sp³-hybridized carbons (Fsp3) is 0.273. The molecular formula is C22H20N2OS. The molecule has 26 heavy (non-hydrogen) atoms. The molecule has 5 rings (SSSR count). The first-order valence-corrected chi connectivity index (χ1v) is 9.86. The van der Waals surface area contributed by atoms with Gasteiger partial charge < -0.3 is 5.32 Å². The van der Waals surface area contributed by atoms with E-state index >= 15 is 0 Å². The lowest BCUT2D eigenvalue weighted by Crippen LogP contribution is -2.32. The van der Waals surface area contributed by atoms with Crippen molar-refractivity contribution in [2.75, 3.05) is 5.32 Å². The average molecular weight is 360 g/mol. The summed E-state index contributed by atoms with van der Waals surface area (Å²) in [5.74, 6) is 0.272. The number of fused-ring (bicyclic) bond motifs is 4. The molecule has 2 aromatic heterocycles. The molecule has 1 aliphatic carbocycles. The van der Waals surface area contributed by atoms with Crippen molar-refractivity contribution >= 4 is 39.3 Å². The van der Waals surface area contributed by atoms with E-state index in [-0.39, 0.29) is 17.2 Å². The standard InChI is InChI=1S/C22H20N2OS/c1-22(2)11-14-19-13-5-3-9-23-15(13)7-8-16(19)24-21(18-6-4-10-26-18)20(14)17(25)12-22/h3-10,21,24H,11-12H2,1-2H3/t21-/m0/s1. The Hall–Kier alpha value is -2.46. The first-order chi connectivity index (χ1) is 12.5. The van der Waals surface area contributed by atoms with Gasteiger partial charge in [0.05, 0.1) is 11.6 Å². The van der Waals surface area contributed by atoms with Gasteiger partial charge in [0.2, 0.25) is 0 Å². The van der Waals surface area contributed by atoms with Crippen molar-refractivity contribution in [3.8, 4) is 0 Å². The van der Waals surface area contributed by atoms with E-state index in [4.69, 9.17) is 0 Å². The molecule has 1 N–H and O–H groups in total. The number of pyridine rings is 1. The number of aromatic nitrogens is 1. The fourth-order valence-electron chi connectivity index (χ4n) is 4.39. The number of anilines is 1. The van der Waals surface area contributed by atoms with Gasteiger partial charge in [-0.3, -0.25) is 9.78 Å². The number of nitrogens with zero attached hydrogens (tertiary/aromatic N) is 1. The Morgan fingerprint density at radius 2 is 2.04 bits per heavy atom. The third-order valence-corrected chi connectivity index (χ3v) is 6.36. The van der Waals surface area contributed by atoms with E-state index in [0.717, 1.165) is 28.6 Å². The molecule has 1 atom stereocenters. The predicted molar refractivity (Wildman–Crippen MR) is 107 cm³/mol. The molecule has 0 unspecified atom stereocenters. The van der Waals surface area contributed by atoms with Gasteiger partial charge in [0.25, 0.3) is 0 Å². The second-order valence-electron chi connectivity index (χ2n) is 7.98. The van der Waals surface area contributed by atoms with Crippen molar-refractivity contribution in [1.82, 2.24) is 4.98 Å². The Bertz CT molecular complexity index is 1060. The molecule has 0 fully saturated rings. The van der Waals surface area contributed by atoms with Crippen LogP contribution < -0.4 is 5.32 Å². The highest BCUT2D eigenvalue weighted by molar-refractivity contribution is 7.10. The van der Waals surface area contributed by atoms with E-state index in [9.17, 15) is 4.79 Å². The van der Waals surface area contributed by atoms with E-state index in [1.165, 1.54) is 16.0 Å². The number of nitrogens with one attached hydrogen (secondary N) is 1. The number of benzene rings is 1. The van der Waals surface area contributed by atoms with Gasteiger partial charge in [-0.15, -0.1) is 11.3 Å². The van der Waals surface area contributed by atoms with E-state index in [0.29, 0.717) is 6.42 Å². The maximum Gasteiger partial charge on any atom is 0.162 e. The third kappa shape index (κ3) is 2.32. The molecule has 0 saturated heterocycles. The zero-order valence-electron chi connectivity index (χ0n) is 14.9. The highest BCUT2D eigenvalue weighted by atomic mass is 32.1. The SMILES string of the molecule is CC1(C)CC(=O)C2=C(C1)c1c(ccc3ncccc13)N[C@H]2c1cccs1. The van der Waals surface area contributed by atoms with E-state index in [1.54, 1.807) is 11.3 Å². The Kier molecular flexibility index (Phi) is 3.35. The molecule has 1 aliphatic heterocycles. The van der Waals surface area contributed by atoms with Crippen LogP contribution in [0.5, 0.6) is 0 Å². The van der Waals surface area contributed by atoms with Gasteiger partial charge in [-0.05, 0) is 47.1 Å². The van der Waals surface area contributed by atoms with Crippen molar-refractivity contribution in [2.45, 2.75) is 32.7 Å². The van der Waals surface area contributed by atoms with Crippen molar-refractivity contribution in [1.29, 1.82) is 0 Å². The second-order valence-corrected chi connectivity index (χ2v) is 8.96. The molecule has 0 amide bonds. The molecule has 0 saturated carbocycles. The number of ketones is 1. The van der Waals surface area contributed by atoms with E-state index in [1.807, 2.05) is 12.3 Å². The van der Waals surface area contributed by atoms with Crippen molar-refractivity contribution in [3.63, 3.8) is 0 Å². The molecule has 0 spiro atoms. The smallest absolute Gasteiger partial charge is 0.162 e. The molecule has 3 aromatic rings. The van der Waals surface area contributed by atoms with Crippen LogP contribution in [0.3, 0.4) is 0 Å². The second kappa shape index (κ2) is 5.52. The Labute approximate surface area is 156 Å². The lowest BCUT2D eigenvalue weighted by molar-refractivity contribution is -0.118. The summed E-state index contributed by atoms with van der Waals surface area (Å²) in [6.07, 6.45) is 3.34. The third-order valence-electron chi connectivity index (χ3n) is 5.42. The van der Waals surface area contributed by atoms with Crippen molar-refractivity contribution in [3.05, 3.63) is 64.0 Å². The minimum absolute atomic E-state index is 0.0189. The quantitative estimate of drug-likeness (QED) is 0.614. The Balaban J connectivity index is 1.83. The number of allylic oxidation sites excluding steroid dienone is 1. The normalized spacial score (nSPS) is 21.3. The van der Waals surface area contributed by atoms with Gasteiger partial charge in [-0.25, -0.2) is 0 Å². The average Bonchev–Trinajstić information content (AvgIpc) is 3.14. The zero-order valence-corrected chi connectivity index (χ0v) is 15.7. The van der Waals surface area contributed by atoms with E-state index < -0.39 is 0 Å². The summed E-state index contributed by atoms with van der Waals surface area (Å²) in [6, 6.07) is 12.4. The largest absolute Gasteiger partial charge is 0.373 e. The molecule has 3 nitrogen and oxygen atoms in total. The maximum atomic E-state index is 13.2. The number of hydrogen-bond acceptors (Lipinski definition) is 4. The first-order valence-electron chi connectivity index (χ1n) is 8.98. The van der Waals surface area contributed by atoms with Crippen molar-refractivity contribution < 1.29 is 4.79 Å². The van der Waals surface area contributed by atoms with Crippen LogP contribution in [0.1, 0.15) is 43.2 Å². The van der Waals surface area contributed by atoms with Gasteiger partial charge >= 0.3 is 0 Å². The number of carbonyl (C=O) groups excluding carboxylic acids is 1. The fourth-order valence-corrected chi connectivity index (χ4v) is 5.17. The predicted octanol–water partition coefficient (Wildman–Crippen LogP) is 5.61. The minimum atomic E-state index is -0.0461. The molecule has 0 bridgehead atoms. The van der Waals surface area contributed by atoms with Gasteiger partial charge in [0, 0.05) is 39.7 Å². The van der Waals surface area contributed by atoms with Gasteiger partial charge in [-0.1, -0.05) is 26.0 Å². The number of carbonyl (C=O) groups is 1. The lowest BCUT2D eigenvalue weighted by Gasteiger charge is -2.39. The van der Waals surface area contributed by atoms with Gasteiger partial charge in [-0.2, -0.15) is 0 Å². The number of thiophene rings is 1. The van der Waals surface area contributed by atoms with Crippen LogP contribution in [0.25, 0.3) is 16.5 Å². The van der Waals surface area contributed by atoms with Crippen LogP contribution in [0, 0.1) is 5.41 Å². The number of hydrogen-bond donors (Lipinski definition) is 1. The molecule has 3 heterocycles. The summed E-state index contributed by atoms with van der Waals surface area (Å²) >= 11 is 1.70. The first kappa shape index (κ1) is 15.8. The summed E-state index contributed by atoms with van der Waals surface area (Å²) in [7, 11) is 0. The van der Waals surface area contributed by atoms with Crippen LogP contribution in [-0.4, -0.2) is 10.8 Å². The van der Waals surface area contributed by atoms with Gasteiger partial charge in [0.1, 0.15) is 0 Å². The summed E-state index contributed by atoms with van der Waals surface area (Å²) in [5.41, 5.74) is 5.39. The number of Topliss-reactive ketones (excluding diaryl/α,β-unsaturated/α-hetero) is 1. The minimum Gasteiger partial charge on any atom is -0.373 e. The van der Waals surface area contributed by atoms with E-state index in [2.05, 4.69) is 59.9 Å². The molecule has 130 valence electrons. The lowest BCUT2D eigenvalue weighted by atomic mass is 9.68. The molecule has 0 radical (unpaired) electrons. The Morgan fingerprint density at radius 3 is 2.85 bits per heavy atom. The van der Waals surface area contributed by atoms with Crippen LogP contribution in [0.4, 0.5) is 5.69 Å². The van der Waals surface area contributed by atoms with Crippen LogP contribution in [0.2, 0.25) is 0 Å². The molecule has 1 aromatic carbocycles. The number of rotatable bonds is 1. The highest BCUT2D eigenvalue weighted by Gasteiger charge is 2.41. The highest BCUT2D eigenvalue weighted by Crippen LogP contribution is 2.52. The molecule has 4 heteroatoms. The van der Waals surface area contributed by atoms with Crippen LogP contribution >= 0.6 is 11.3 Å². The summed E-state index contributed by atoms with van der Waals surface area (Å²) in [5, 5.41) is 6.86. The van der Waals surface area contributed by atoms with Gasteiger partial charge in [0.15, 0.2) is 5.78 Å². The monoisotopic (exact) mass is 360 g/mol. The summed E-state index contributed by atoms with van der Waals surface area (Å²) < 4.78 is 0. The maximum absolute atomic E-state index is 13.2. The molecule has 2 aliphatic rings. The van der Waals surface area contributed by atoms with Crippen molar-refractivity contribution in [2.24, 2.45) is 5.41 Å². The summed E-state index contributed by atoms with van der Waals surface area (Å²) in [4.78, 5) is 18.9.